The van der Waals surface area contributed by atoms with Gasteiger partial charge in [-0.3, -0.25) is 13.9 Å². The molecule has 9 nitrogen and oxygen atoms in total. The number of aromatic nitrogens is 5. The monoisotopic (exact) mass is 503 g/mol. The molecule has 4 aromatic rings. The standard InChI is InChI=1S/C28H33N5O4/c1-3-31-26-24(27(35)32(28(31)36)16-9-17-34)33(18-20-10-5-4-6-11-20)25(30-26)22-14-15-23(29-19(22)2)37-21-12-7-8-13-21/h4-6,10-11,14-15,21,34H,3,7-9,12-13,16-18H2,1-2H3. The second-order valence-corrected chi connectivity index (χ2v) is 9.55. The van der Waals surface area contributed by atoms with Gasteiger partial charge in [-0.1, -0.05) is 30.3 Å². The fourth-order valence-electron chi connectivity index (χ4n) is 5.14. The summed E-state index contributed by atoms with van der Waals surface area (Å²) in [5.41, 5.74) is 2.43. The number of aliphatic hydroxyl groups is 1. The minimum absolute atomic E-state index is 0.106. The maximum Gasteiger partial charge on any atom is 0.332 e. The Balaban J connectivity index is 1.70. The molecule has 0 radical (unpaired) electrons. The van der Waals surface area contributed by atoms with Crippen LogP contribution in [0.2, 0.25) is 0 Å². The van der Waals surface area contributed by atoms with Crippen LogP contribution in [-0.4, -0.2) is 41.5 Å². The average molecular weight is 504 g/mol. The molecule has 1 saturated carbocycles. The van der Waals surface area contributed by atoms with E-state index in [1.165, 1.54) is 22.0 Å². The number of benzene rings is 1. The van der Waals surface area contributed by atoms with E-state index >= 15 is 0 Å². The van der Waals surface area contributed by atoms with Crippen LogP contribution in [0, 0.1) is 6.92 Å². The highest BCUT2D eigenvalue weighted by Gasteiger charge is 2.24. The fraction of sp³-hybridized carbons (Fsp3) is 0.429. The highest BCUT2D eigenvalue weighted by Crippen LogP contribution is 2.29. The van der Waals surface area contributed by atoms with Gasteiger partial charge < -0.3 is 14.4 Å². The Morgan fingerprint density at radius 3 is 2.43 bits per heavy atom. The molecule has 1 fully saturated rings. The van der Waals surface area contributed by atoms with Crippen molar-refractivity contribution in [1.82, 2.24) is 23.7 Å². The third-order valence-corrected chi connectivity index (χ3v) is 7.04. The van der Waals surface area contributed by atoms with Gasteiger partial charge in [-0.05, 0) is 57.6 Å². The van der Waals surface area contributed by atoms with Gasteiger partial charge in [0.1, 0.15) is 11.9 Å². The van der Waals surface area contributed by atoms with E-state index in [9.17, 15) is 14.7 Å². The third kappa shape index (κ3) is 4.83. The highest BCUT2D eigenvalue weighted by atomic mass is 16.5. The maximum absolute atomic E-state index is 13.7. The first kappa shape index (κ1) is 25.0. The van der Waals surface area contributed by atoms with Gasteiger partial charge in [-0.25, -0.2) is 14.8 Å². The lowest BCUT2D eigenvalue weighted by atomic mass is 10.1. The number of rotatable bonds is 9. The quantitative estimate of drug-likeness (QED) is 0.375. The Morgan fingerprint density at radius 1 is 1.00 bits per heavy atom. The summed E-state index contributed by atoms with van der Waals surface area (Å²) in [5, 5.41) is 9.33. The summed E-state index contributed by atoms with van der Waals surface area (Å²) in [6.45, 7) is 4.58. The number of pyridine rings is 1. The molecular weight excluding hydrogens is 470 g/mol. The molecule has 5 rings (SSSR count). The van der Waals surface area contributed by atoms with Crippen LogP contribution in [-0.2, 0) is 19.6 Å². The first-order valence-corrected chi connectivity index (χ1v) is 13.0. The molecule has 0 aliphatic heterocycles. The van der Waals surface area contributed by atoms with Crippen LogP contribution >= 0.6 is 0 Å². The predicted octanol–water partition coefficient (Wildman–Crippen LogP) is 3.50. The second-order valence-electron chi connectivity index (χ2n) is 9.55. The molecule has 0 saturated heterocycles. The Hall–Kier alpha value is -3.72. The van der Waals surface area contributed by atoms with Crippen molar-refractivity contribution in [3.05, 3.63) is 74.6 Å². The van der Waals surface area contributed by atoms with Gasteiger partial charge in [-0.15, -0.1) is 0 Å². The van der Waals surface area contributed by atoms with Crippen LogP contribution in [0.5, 0.6) is 5.88 Å². The molecule has 37 heavy (non-hydrogen) atoms. The van der Waals surface area contributed by atoms with E-state index in [1.807, 2.05) is 60.9 Å². The predicted molar refractivity (Wildman–Crippen MR) is 142 cm³/mol. The number of hydrogen-bond acceptors (Lipinski definition) is 6. The minimum Gasteiger partial charge on any atom is -0.474 e. The Bertz CT molecular complexity index is 1510. The zero-order valence-corrected chi connectivity index (χ0v) is 21.4. The number of fused-ring (bicyclic) bond motifs is 1. The van der Waals surface area contributed by atoms with E-state index in [2.05, 4.69) is 0 Å². The average Bonchev–Trinajstić information content (AvgIpc) is 3.53. The van der Waals surface area contributed by atoms with Gasteiger partial charge in [0, 0.05) is 37.9 Å². The van der Waals surface area contributed by atoms with E-state index in [0.717, 1.165) is 29.7 Å². The zero-order chi connectivity index (χ0) is 25.9. The molecule has 1 N–H and O–H groups in total. The van der Waals surface area contributed by atoms with Crippen LogP contribution in [0.1, 0.15) is 50.3 Å². The Morgan fingerprint density at radius 2 is 1.76 bits per heavy atom. The molecule has 0 unspecified atom stereocenters. The first-order valence-electron chi connectivity index (χ1n) is 13.0. The maximum atomic E-state index is 13.7. The molecule has 0 spiro atoms. The van der Waals surface area contributed by atoms with Gasteiger partial charge in [0.2, 0.25) is 5.88 Å². The smallest absolute Gasteiger partial charge is 0.332 e. The largest absolute Gasteiger partial charge is 0.474 e. The molecular formula is C28H33N5O4. The molecule has 1 aliphatic rings. The van der Waals surface area contributed by atoms with E-state index < -0.39 is 11.2 Å². The van der Waals surface area contributed by atoms with Crippen molar-refractivity contribution < 1.29 is 9.84 Å². The number of ether oxygens (including phenoxy) is 1. The van der Waals surface area contributed by atoms with Crippen molar-refractivity contribution in [2.24, 2.45) is 0 Å². The van der Waals surface area contributed by atoms with Crippen molar-refractivity contribution in [3.8, 4) is 17.3 Å². The van der Waals surface area contributed by atoms with Gasteiger partial charge in [-0.2, -0.15) is 0 Å². The summed E-state index contributed by atoms with van der Waals surface area (Å²) in [7, 11) is 0. The van der Waals surface area contributed by atoms with E-state index in [4.69, 9.17) is 14.7 Å². The lowest BCUT2D eigenvalue weighted by Crippen LogP contribution is -2.40. The van der Waals surface area contributed by atoms with Crippen LogP contribution in [0.15, 0.2) is 52.1 Å². The lowest BCUT2D eigenvalue weighted by Gasteiger charge is -2.15. The number of aliphatic hydroxyl groups excluding tert-OH is 1. The summed E-state index contributed by atoms with van der Waals surface area (Å²) in [5.74, 6) is 1.17. The molecule has 9 heteroatoms. The summed E-state index contributed by atoms with van der Waals surface area (Å²) >= 11 is 0. The van der Waals surface area contributed by atoms with Crippen LogP contribution in [0.3, 0.4) is 0 Å². The van der Waals surface area contributed by atoms with Crippen molar-refractivity contribution in [2.45, 2.75) is 71.7 Å². The molecule has 1 aromatic carbocycles. The lowest BCUT2D eigenvalue weighted by molar-refractivity contribution is 0.201. The molecule has 194 valence electrons. The molecule has 0 atom stereocenters. The van der Waals surface area contributed by atoms with Gasteiger partial charge in [0.05, 0.1) is 5.69 Å². The topological polar surface area (TPSA) is 104 Å². The number of imidazole rings is 1. The van der Waals surface area contributed by atoms with Crippen LogP contribution in [0.25, 0.3) is 22.6 Å². The highest BCUT2D eigenvalue weighted by molar-refractivity contribution is 5.78. The second kappa shape index (κ2) is 10.7. The normalized spacial score (nSPS) is 14.0. The van der Waals surface area contributed by atoms with E-state index in [1.54, 1.807) is 0 Å². The summed E-state index contributed by atoms with van der Waals surface area (Å²) < 4.78 is 10.7. The fourth-order valence-corrected chi connectivity index (χ4v) is 5.14. The first-order chi connectivity index (χ1) is 18.0. The van der Waals surface area contributed by atoms with Gasteiger partial charge >= 0.3 is 5.69 Å². The molecule has 0 bridgehead atoms. The third-order valence-electron chi connectivity index (χ3n) is 7.04. The zero-order valence-electron chi connectivity index (χ0n) is 21.4. The van der Waals surface area contributed by atoms with Gasteiger partial charge in [0.25, 0.3) is 5.56 Å². The molecule has 1 aliphatic carbocycles. The SMILES string of the molecule is CCn1c(=O)n(CCCO)c(=O)c2c1nc(-c1ccc(OC3CCCC3)nc1C)n2Cc1ccccc1. The molecule has 3 aromatic heterocycles. The van der Waals surface area contributed by atoms with Crippen molar-refractivity contribution >= 4 is 11.2 Å². The summed E-state index contributed by atoms with van der Waals surface area (Å²) in [6.07, 6.45) is 4.98. The summed E-state index contributed by atoms with van der Waals surface area (Å²) in [4.78, 5) is 36.5. The Labute approximate surface area is 215 Å². The Kier molecular flexibility index (Phi) is 7.23. The van der Waals surface area contributed by atoms with Gasteiger partial charge in [0.15, 0.2) is 11.2 Å². The van der Waals surface area contributed by atoms with Crippen molar-refractivity contribution in [1.29, 1.82) is 0 Å². The number of hydrogen-bond donors (Lipinski definition) is 1. The molecule has 3 heterocycles. The van der Waals surface area contributed by atoms with Crippen LogP contribution < -0.4 is 16.0 Å². The number of nitrogens with zero attached hydrogens (tertiary/aromatic N) is 5. The minimum atomic E-state index is -0.417. The van der Waals surface area contributed by atoms with Crippen LogP contribution in [0.4, 0.5) is 0 Å². The van der Waals surface area contributed by atoms with E-state index in [0.29, 0.717) is 42.4 Å². The van der Waals surface area contributed by atoms with E-state index in [-0.39, 0.29) is 19.3 Å². The van der Waals surface area contributed by atoms with Crippen molar-refractivity contribution in [2.75, 3.05) is 6.61 Å². The molecule has 0 amide bonds. The summed E-state index contributed by atoms with van der Waals surface area (Å²) in [6, 6.07) is 13.7. The van der Waals surface area contributed by atoms with Crippen molar-refractivity contribution in [3.63, 3.8) is 0 Å². The number of aryl methyl sites for hydroxylation is 2.